The standard InChI is InChI=1S/C17H23NS2/c1-7-17(5,6)13-9-11-10-8-12(16(2,3)4)19-14(10)18-15(11)20-13/h8-9,18H,7H2,1-6H3. The first kappa shape index (κ1) is 14.2. The highest BCUT2D eigenvalue weighted by Gasteiger charge is 2.24. The lowest BCUT2D eigenvalue weighted by Gasteiger charge is -2.20. The molecular weight excluding hydrogens is 282 g/mol. The number of hydrogen-bond donors (Lipinski definition) is 1. The van der Waals surface area contributed by atoms with Crippen molar-refractivity contribution >= 4 is 43.1 Å². The lowest BCUT2D eigenvalue weighted by atomic mass is 9.88. The first-order valence-corrected chi connectivity index (χ1v) is 8.91. The topological polar surface area (TPSA) is 15.8 Å². The smallest absolute Gasteiger partial charge is 0.102 e. The van der Waals surface area contributed by atoms with E-state index in [2.05, 4.69) is 58.7 Å². The van der Waals surface area contributed by atoms with Gasteiger partial charge in [-0.15, -0.1) is 22.7 Å². The summed E-state index contributed by atoms with van der Waals surface area (Å²) in [6, 6.07) is 4.79. The fourth-order valence-electron chi connectivity index (χ4n) is 2.35. The van der Waals surface area contributed by atoms with Crippen LogP contribution in [0.4, 0.5) is 0 Å². The molecule has 3 aromatic rings. The lowest BCUT2D eigenvalue weighted by molar-refractivity contribution is 0.517. The third kappa shape index (κ3) is 2.11. The van der Waals surface area contributed by atoms with Gasteiger partial charge in [0.15, 0.2) is 0 Å². The van der Waals surface area contributed by atoms with Gasteiger partial charge in [-0.25, -0.2) is 0 Å². The molecule has 0 aliphatic heterocycles. The molecule has 0 radical (unpaired) electrons. The molecule has 0 atom stereocenters. The molecule has 0 spiro atoms. The van der Waals surface area contributed by atoms with Crippen LogP contribution in [0.2, 0.25) is 0 Å². The van der Waals surface area contributed by atoms with E-state index < -0.39 is 0 Å². The quantitative estimate of drug-likeness (QED) is 0.561. The molecule has 0 saturated heterocycles. The number of nitrogens with one attached hydrogen (secondary N) is 1. The highest BCUT2D eigenvalue weighted by Crippen LogP contribution is 2.43. The molecule has 0 aliphatic rings. The van der Waals surface area contributed by atoms with Gasteiger partial charge >= 0.3 is 0 Å². The number of H-pyrrole nitrogens is 1. The minimum Gasteiger partial charge on any atom is -0.338 e. The summed E-state index contributed by atoms with van der Waals surface area (Å²) < 4.78 is 0. The Morgan fingerprint density at radius 3 is 1.90 bits per heavy atom. The number of aromatic amines is 1. The van der Waals surface area contributed by atoms with Crippen LogP contribution in [0.1, 0.15) is 57.7 Å². The van der Waals surface area contributed by atoms with Gasteiger partial charge in [-0.1, -0.05) is 41.5 Å². The van der Waals surface area contributed by atoms with Crippen LogP contribution in [0.5, 0.6) is 0 Å². The van der Waals surface area contributed by atoms with E-state index in [1.165, 1.54) is 36.6 Å². The van der Waals surface area contributed by atoms with Gasteiger partial charge < -0.3 is 4.98 Å². The molecule has 0 fully saturated rings. The number of thiophene rings is 2. The van der Waals surface area contributed by atoms with E-state index in [9.17, 15) is 0 Å². The fourth-order valence-corrected chi connectivity index (χ4v) is 4.80. The van der Waals surface area contributed by atoms with Crippen molar-refractivity contribution in [1.82, 2.24) is 4.98 Å². The zero-order valence-electron chi connectivity index (χ0n) is 13.2. The molecule has 3 aromatic heterocycles. The van der Waals surface area contributed by atoms with Crippen LogP contribution in [-0.4, -0.2) is 4.98 Å². The van der Waals surface area contributed by atoms with E-state index in [1.807, 2.05) is 22.7 Å². The fraction of sp³-hybridized carbons (Fsp3) is 0.529. The highest BCUT2D eigenvalue weighted by molar-refractivity contribution is 7.21. The van der Waals surface area contributed by atoms with Crippen molar-refractivity contribution in [3.63, 3.8) is 0 Å². The summed E-state index contributed by atoms with van der Waals surface area (Å²) in [5, 5.41) is 2.82. The molecule has 0 amide bonds. The Labute approximate surface area is 129 Å². The summed E-state index contributed by atoms with van der Waals surface area (Å²) in [5.74, 6) is 0. The predicted octanol–water partition coefficient (Wildman–Crippen LogP) is 6.43. The van der Waals surface area contributed by atoms with Gasteiger partial charge in [0.1, 0.15) is 9.66 Å². The molecule has 1 nitrogen and oxygen atoms in total. The van der Waals surface area contributed by atoms with Gasteiger partial charge in [-0.05, 0) is 29.4 Å². The molecule has 1 N–H and O–H groups in total. The van der Waals surface area contributed by atoms with Crippen molar-refractivity contribution in [2.75, 3.05) is 0 Å². The normalized spacial score (nSPS) is 13.7. The molecule has 0 saturated carbocycles. The summed E-state index contributed by atoms with van der Waals surface area (Å²) in [7, 11) is 0. The molecule has 108 valence electrons. The van der Waals surface area contributed by atoms with Crippen molar-refractivity contribution in [3.8, 4) is 0 Å². The van der Waals surface area contributed by atoms with Crippen molar-refractivity contribution in [3.05, 3.63) is 21.9 Å². The second-order valence-corrected chi connectivity index (χ2v) is 9.42. The Bertz CT molecular complexity index is 762. The molecule has 3 rings (SSSR count). The van der Waals surface area contributed by atoms with Gasteiger partial charge in [-0.3, -0.25) is 0 Å². The number of fused-ring (bicyclic) bond motifs is 3. The second kappa shape index (κ2) is 4.35. The monoisotopic (exact) mass is 305 g/mol. The van der Waals surface area contributed by atoms with Gasteiger partial charge in [0.25, 0.3) is 0 Å². The van der Waals surface area contributed by atoms with Gasteiger partial charge in [-0.2, -0.15) is 0 Å². The van der Waals surface area contributed by atoms with Crippen molar-refractivity contribution < 1.29 is 0 Å². The zero-order valence-corrected chi connectivity index (χ0v) is 14.8. The largest absolute Gasteiger partial charge is 0.338 e. The third-order valence-corrected chi connectivity index (χ3v) is 7.16. The second-order valence-electron chi connectivity index (χ2n) is 7.32. The number of hydrogen-bond acceptors (Lipinski definition) is 2. The van der Waals surface area contributed by atoms with Crippen molar-refractivity contribution in [1.29, 1.82) is 0 Å². The molecule has 0 aromatic carbocycles. The van der Waals surface area contributed by atoms with Crippen LogP contribution in [0.15, 0.2) is 12.1 Å². The maximum atomic E-state index is 3.62. The molecule has 3 heteroatoms. The van der Waals surface area contributed by atoms with Crippen LogP contribution in [0, 0.1) is 0 Å². The maximum Gasteiger partial charge on any atom is 0.102 e. The Morgan fingerprint density at radius 1 is 0.900 bits per heavy atom. The van der Waals surface area contributed by atoms with Crippen molar-refractivity contribution in [2.24, 2.45) is 0 Å². The predicted molar refractivity (Wildman–Crippen MR) is 93.6 cm³/mol. The Balaban J connectivity index is 2.18. The van der Waals surface area contributed by atoms with E-state index in [0.717, 1.165) is 0 Å². The van der Waals surface area contributed by atoms with E-state index >= 15 is 0 Å². The molecule has 0 bridgehead atoms. The Hall–Kier alpha value is -0.800. The van der Waals surface area contributed by atoms with Crippen LogP contribution < -0.4 is 0 Å². The summed E-state index contributed by atoms with van der Waals surface area (Å²) in [5.41, 5.74) is 0.512. The third-order valence-electron chi connectivity index (χ3n) is 4.27. The number of aromatic nitrogens is 1. The molecule has 20 heavy (non-hydrogen) atoms. The SMILES string of the molecule is CCC(C)(C)c1cc2c([nH]c3sc(C(C)(C)C)cc32)s1. The summed E-state index contributed by atoms with van der Waals surface area (Å²) >= 11 is 3.83. The van der Waals surface area contributed by atoms with Crippen LogP contribution in [0.25, 0.3) is 20.4 Å². The lowest BCUT2D eigenvalue weighted by Crippen LogP contribution is -2.12. The highest BCUT2D eigenvalue weighted by atomic mass is 32.1. The van der Waals surface area contributed by atoms with E-state index in [1.54, 1.807) is 0 Å². The molecule has 0 unspecified atom stereocenters. The van der Waals surface area contributed by atoms with Crippen molar-refractivity contribution in [2.45, 2.75) is 58.8 Å². The van der Waals surface area contributed by atoms with E-state index in [-0.39, 0.29) is 10.8 Å². The van der Waals surface area contributed by atoms with E-state index in [4.69, 9.17) is 0 Å². The minimum atomic E-state index is 0.235. The van der Waals surface area contributed by atoms with Gasteiger partial charge in [0.2, 0.25) is 0 Å². The van der Waals surface area contributed by atoms with E-state index in [0.29, 0.717) is 0 Å². The Morgan fingerprint density at radius 2 is 1.40 bits per heavy atom. The van der Waals surface area contributed by atoms with Crippen LogP contribution in [0.3, 0.4) is 0 Å². The molecule has 3 heterocycles. The zero-order chi connectivity index (χ0) is 14.7. The van der Waals surface area contributed by atoms with Crippen LogP contribution in [-0.2, 0) is 10.8 Å². The van der Waals surface area contributed by atoms with Crippen LogP contribution >= 0.6 is 22.7 Å². The summed E-state index contributed by atoms with van der Waals surface area (Å²) in [4.78, 5) is 9.24. The Kier molecular flexibility index (Phi) is 3.07. The van der Waals surface area contributed by atoms with Gasteiger partial charge in [0, 0.05) is 20.5 Å². The molecular formula is C17H23NS2. The number of rotatable bonds is 2. The summed E-state index contributed by atoms with van der Waals surface area (Å²) in [6.07, 6.45) is 1.18. The average molecular weight is 306 g/mol. The first-order valence-electron chi connectivity index (χ1n) is 7.28. The molecule has 0 aliphatic carbocycles. The van der Waals surface area contributed by atoms with Gasteiger partial charge in [0.05, 0.1) is 0 Å². The average Bonchev–Trinajstić information content (AvgIpc) is 2.96. The maximum absolute atomic E-state index is 3.62. The summed E-state index contributed by atoms with van der Waals surface area (Å²) in [6.45, 7) is 13.8. The first-order chi connectivity index (χ1) is 9.22. The minimum absolute atomic E-state index is 0.235.